The molecule has 1 aliphatic rings. The van der Waals surface area contributed by atoms with Crippen LogP contribution in [0.15, 0.2) is 33.9 Å². The van der Waals surface area contributed by atoms with Crippen LogP contribution in [0.2, 0.25) is 0 Å². The number of hydrogen-bond acceptors (Lipinski definition) is 2. The summed E-state index contributed by atoms with van der Waals surface area (Å²) in [5, 5.41) is 0. The summed E-state index contributed by atoms with van der Waals surface area (Å²) < 4.78 is 170. The number of imide groups is 1. The van der Waals surface area contributed by atoms with Crippen LogP contribution in [0.4, 0.5) is 57.1 Å². The third-order valence-corrected chi connectivity index (χ3v) is 6.07. The van der Waals surface area contributed by atoms with Crippen LogP contribution in [0.1, 0.15) is 40.0 Å². The van der Waals surface area contributed by atoms with Crippen molar-refractivity contribution in [3.05, 3.63) is 45.0 Å². The summed E-state index contributed by atoms with van der Waals surface area (Å²) in [4.78, 5) is 25.2. The predicted octanol–water partition coefficient (Wildman–Crippen LogP) is 7.51. The van der Waals surface area contributed by atoms with Gasteiger partial charge in [0.25, 0.3) is 11.8 Å². The SMILES string of the molecule is O=C1c2ccccc2C(=O)N1CCCCC(I)=CC(F)(F)C(F)(F)C(F)(F)C(F)(F)C(F)(F)C(F)(F)F. The molecule has 0 saturated heterocycles. The largest absolute Gasteiger partial charge is 0.460 e. The first-order valence-corrected chi connectivity index (χ1v) is 10.9. The van der Waals surface area contributed by atoms with Gasteiger partial charge in [0.15, 0.2) is 0 Å². The van der Waals surface area contributed by atoms with Gasteiger partial charge in [-0.25, -0.2) is 0 Å². The summed E-state index contributed by atoms with van der Waals surface area (Å²) in [5.74, 6) is -38.6. The molecule has 37 heavy (non-hydrogen) atoms. The lowest BCUT2D eigenvalue weighted by atomic mass is 9.93. The topological polar surface area (TPSA) is 37.4 Å². The molecule has 0 saturated carbocycles. The molecule has 0 spiro atoms. The van der Waals surface area contributed by atoms with Gasteiger partial charge in [-0.3, -0.25) is 14.5 Å². The first-order valence-electron chi connectivity index (χ1n) is 9.83. The molecule has 0 atom stereocenters. The lowest BCUT2D eigenvalue weighted by Crippen LogP contribution is -2.69. The highest BCUT2D eigenvalue weighted by atomic mass is 127. The predicted molar refractivity (Wildman–Crippen MR) is 109 cm³/mol. The van der Waals surface area contributed by atoms with Crippen molar-refractivity contribution >= 4 is 34.4 Å². The molecule has 2 amide bonds. The highest BCUT2D eigenvalue weighted by Crippen LogP contribution is 2.60. The number of carbonyl (C=O) groups is 2. The fourth-order valence-electron chi connectivity index (χ4n) is 3.15. The number of benzene rings is 1. The maximum absolute atomic E-state index is 13.9. The summed E-state index contributed by atoms with van der Waals surface area (Å²) >= 11 is 0.921. The maximum atomic E-state index is 13.9. The summed E-state index contributed by atoms with van der Waals surface area (Å²) in [5.41, 5.74) is 0.190. The molecule has 0 N–H and O–H groups in total. The monoisotopic (exact) mass is 673 g/mol. The first kappa shape index (κ1) is 31.1. The second kappa shape index (κ2) is 9.91. The second-order valence-corrected chi connectivity index (χ2v) is 9.16. The Bertz CT molecular complexity index is 1050. The van der Waals surface area contributed by atoms with E-state index in [4.69, 9.17) is 0 Å². The molecule has 0 bridgehead atoms. The van der Waals surface area contributed by atoms with E-state index in [1.807, 2.05) is 0 Å². The van der Waals surface area contributed by atoms with Gasteiger partial charge in [0.05, 0.1) is 11.1 Å². The zero-order valence-corrected chi connectivity index (χ0v) is 19.9. The minimum absolute atomic E-state index is 0.0951. The van der Waals surface area contributed by atoms with Gasteiger partial charge >= 0.3 is 35.8 Å². The minimum Gasteiger partial charge on any atom is -0.274 e. The summed E-state index contributed by atoms with van der Waals surface area (Å²) in [6, 6.07) is 5.71. The van der Waals surface area contributed by atoms with Crippen molar-refractivity contribution in [1.29, 1.82) is 0 Å². The molecule has 0 unspecified atom stereocenters. The van der Waals surface area contributed by atoms with Crippen molar-refractivity contribution in [2.24, 2.45) is 0 Å². The number of alkyl halides is 13. The van der Waals surface area contributed by atoms with Gasteiger partial charge in [0, 0.05) is 12.6 Å². The van der Waals surface area contributed by atoms with Gasteiger partial charge < -0.3 is 0 Å². The Balaban J connectivity index is 2.11. The molecule has 0 aromatic heterocycles. The average molecular weight is 673 g/mol. The van der Waals surface area contributed by atoms with E-state index < -0.39 is 63.7 Å². The number of hydrogen-bond donors (Lipinski definition) is 0. The quantitative estimate of drug-likeness (QED) is 0.112. The molecule has 0 radical (unpaired) electrons. The van der Waals surface area contributed by atoms with Gasteiger partial charge in [-0.05, 0) is 57.6 Å². The lowest BCUT2D eigenvalue weighted by molar-refractivity contribution is -0.436. The van der Waals surface area contributed by atoms with E-state index in [1.54, 1.807) is 0 Å². The summed E-state index contributed by atoms with van der Waals surface area (Å²) in [6.45, 7) is -0.264. The van der Waals surface area contributed by atoms with Gasteiger partial charge in [-0.1, -0.05) is 12.1 Å². The minimum atomic E-state index is -7.95. The Morgan fingerprint density at radius 3 is 1.57 bits per heavy atom. The Morgan fingerprint density at radius 1 is 0.703 bits per heavy atom. The lowest BCUT2D eigenvalue weighted by Gasteiger charge is -2.39. The van der Waals surface area contributed by atoms with E-state index in [-0.39, 0.29) is 30.5 Å². The van der Waals surface area contributed by atoms with E-state index in [0.717, 1.165) is 27.5 Å². The third-order valence-electron chi connectivity index (χ3n) is 5.22. The number of halogens is 14. The highest BCUT2D eigenvalue weighted by Gasteiger charge is 2.90. The van der Waals surface area contributed by atoms with Crippen LogP contribution in [0, 0.1) is 0 Å². The van der Waals surface area contributed by atoms with Gasteiger partial charge in [-0.2, -0.15) is 57.1 Å². The number of amides is 2. The molecule has 3 nitrogen and oxygen atoms in total. The number of rotatable bonds is 10. The van der Waals surface area contributed by atoms with Crippen molar-refractivity contribution in [2.75, 3.05) is 6.54 Å². The van der Waals surface area contributed by atoms with E-state index >= 15 is 0 Å². The number of allylic oxidation sites excluding steroid dienone is 2. The maximum Gasteiger partial charge on any atom is 0.460 e. The number of nitrogens with zero attached hydrogens (tertiary/aromatic N) is 1. The van der Waals surface area contributed by atoms with Crippen LogP contribution in [0.3, 0.4) is 0 Å². The zero-order valence-electron chi connectivity index (χ0n) is 17.8. The number of unbranched alkanes of at least 4 members (excludes halogenated alkanes) is 1. The standard InChI is InChI=1S/C20H13F13INO2/c21-15(22,16(23,24)17(25,26)18(27,28)19(29,30)20(31,32)33)9-10(34)5-3-4-8-35-13(36)11-6-1-2-7-12(11)14(35)37/h1-2,6-7,9H,3-5,8H2. The first-order chi connectivity index (χ1) is 16.5. The normalized spacial score (nSPS) is 16.5. The molecule has 1 heterocycles. The Labute approximate surface area is 212 Å². The Kier molecular flexibility index (Phi) is 8.34. The number of carbonyl (C=O) groups excluding carboxylic acids is 2. The fourth-order valence-corrected chi connectivity index (χ4v) is 3.92. The van der Waals surface area contributed by atoms with Gasteiger partial charge in [0.1, 0.15) is 0 Å². The molecule has 17 heteroatoms. The molecule has 0 aliphatic carbocycles. The molecular formula is C20H13F13INO2. The van der Waals surface area contributed by atoms with Crippen molar-refractivity contribution in [1.82, 2.24) is 4.90 Å². The number of fused-ring (bicyclic) bond motifs is 1. The van der Waals surface area contributed by atoms with E-state index in [2.05, 4.69) is 0 Å². The van der Waals surface area contributed by atoms with Crippen LogP contribution in [-0.4, -0.2) is 59.0 Å². The fraction of sp³-hybridized carbons (Fsp3) is 0.500. The zero-order chi connectivity index (χ0) is 28.8. The van der Waals surface area contributed by atoms with Crippen LogP contribution < -0.4 is 0 Å². The smallest absolute Gasteiger partial charge is 0.274 e. The van der Waals surface area contributed by atoms with Crippen LogP contribution in [0.5, 0.6) is 0 Å². The van der Waals surface area contributed by atoms with Gasteiger partial charge in [-0.15, -0.1) is 0 Å². The van der Waals surface area contributed by atoms with E-state index in [1.165, 1.54) is 24.3 Å². The van der Waals surface area contributed by atoms with Crippen LogP contribution in [-0.2, 0) is 0 Å². The highest BCUT2D eigenvalue weighted by molar-refractivity contribution is 14.1. The Hall–Kier alpha value is -2.08. The summed E-state index contributed by atoms with van der Waals surface area (Å²) in [7, 11) is 0. The Morgan fingerprint density at radius 2 is 1.14 bits per heavy atom. The van der Waals surface area contributed by atoms with Crippen LogP contribution >= 0.6 is 22.6 Å². The van der Waals surface area contributed by atoms with Crippen molar-refractivity contribution in [2.45, 2.75) is 55.1 Å². The van der Waals surface area contributed by atoms with Crippen LogP contribution in [0.25, 0.3) is 0 Å². The molecule has 1 aromatic carbocycles. The molecular weight excluding hydrogens is 660 g/mol. The molecule has 1 aliphatic heterocycles. The molecule has 0 fully saturated rings. The molecule has 2 rings (SSSR count). The van der Waals surface area contributed by atoms with Gasteiger partial charge in [0.2, 0.25) is 0 Å². The van der Waals surface area contributed by atoms with Crippen molar-refractivity contribution < 1.29 is 66.7 Å². The third kappa shape index (κ3) is 5.15. The van der Waals surface area contributed by atoms with E-state index in [0.29, 0.717) is 0 Å². The molecule has 1 aromatic rings. The molecule has 208 valence electrons. The second-order valence-electron chi connectivity index (χ2n) is 7.77. The average Bonchev–Trinajstić information content (AvgIpc) is 3.00. The summed E-state index contributed by atoms with van der Waals surface area (Å²) in [6.07, 6.45) is -9.38. The van der Waals surface area contributed by atoms with Crippen molar-refractivity contribution in [3.8, 4) is 0 Å². The van der Waals surface area contributed by atoms with E-state index in [9.17, 15) is 66.7 Å². The van der Waals surface area contributed by atoms with Crippen molar-refractivity contribution in [3.63, 3.8) is 0 Å².